The van der Waals surface area contributed by atoms with Crippen LogP contribution in [0.3, 0.4) is 0 Å². The average Bonchev–Trinajstić information content (AvgIpc) is 3.66. The predicted octanol–water partition coefficient (Wildman–Crippen LogP) is 19.6. The van der Waals surface area contributed by atoms with Gasteiger partial charge in [0.25, 0.3) is 0 Å². The third-order valence-electron chi connectivity index (χ3n) is 14.7. The molecule has 0 fully saturated rings. The van der Waals surface area contributed by atoms with Gasteiger partial charge in [0, 0.05) is 39.0 Å². The van der Waals surface area contributed by atoms with Crippen LogP contribution in [0.5, 0.6) is 0 Å². The zero-order valence-corrected chi connectivity index (χ0v) is 41.2. The van der Waals surface area contributed by atoms with Gasteiger partial charge in [-0.05, 0) is 142 Å². The quantitative estimate of drug-likeness (QED) is 0.135. The first kappa shape index (κ1) is 45.3. The number of halogens is 2. The smallest absolute Gasteiger partial charge is 0.148 e. The normalized spacial score (nSPS) is 12.4. The van der Waals surface area contributed by atoms with Crippen LogP contribution in [0, 0.1) is 25.5 Å². The summed E-state index contributed by atoms with van der Waals surface area (Å²) >= 11 is 0. The van der Waals surface area contributed by atoms with Gasteiger partial charge in [-0.3, -0.25) is 0 Å². The van der Waals surface area contributed by atoms with Gasteiger partial charge in [-0.15, -0.1) is 0 Å². The number of hydrogen-bond acceptors (Lipinski definition) is 2. The maximum Gasteiger partial charge on any atom is 0.148 e. The lowest BCUT2D eigenvalue weighted by atomic mass is 9.81. The molecule has 1 aliphatic rings. The first-order valence-corrected chi connectivity index (χ1v) is 25.0. The van der Waals surface area contributed by atoms with Crippen molar-refractivity contribution in [2.75, 3.05) is 9.80 Å². The molecule has 0 aliphatic heterocycles. The number of anilines is 6. The maximum absolute atomic E-state index is 17.8. The summed E-state index contributed by atoms with van der Waals surface area (Å²) in [4.78, 5) is 4.21. The molecule has 0 bridgehead atoms. The summed E-state index contributed by atoms with van der Waals surface area (Å²) in [5.41, 5.74) is 17.4. The largest absolute Gasteiger partial charge is 0.307 e. The molecule has 0 spiro atoms. The van der Waals surface area contributed by atoms with Gasteiger partial charge in [0.2, 0.25) is 0 Å². The molecule has 1 aliphatic carbocycles. The molecule has 352 valence electrons. The first-order valence-electron chi connectivity index (χ1n) is 25.0. The highest BCUT2D eigenvalue weighted by Gasteiger charge is 2.39. The monoisotopic (exact) mass is 946 g/mol. The summed E-state index contributed by atoms with van der Waals surface area (Å²) in [6.45, 7) is 8.71. The lowest BCUT2D eigenvalue weighted by Gasteiger charge is -2.32. The Morgan fingerprint density at radius 1 is 0.329 bits per heavy atom. The highest BCUT2D eigenvalue weighted by Crippen LogP contribution is 2.57. The summed E-state index contributed by atoms with van der Waals surface area (Å²) in [5, 5.41) is 2.06. The Kier molecular flexibility index (Phi) is 11.4. The third-order valence-corrected chi connectivity index (χ3v) is 14.7. The van der Waals surface area contributed by atoms with E-state index in [0.717, 1.165) is 111 Å². The van der Waals surface area contributed by atoms with Crippen LogP contribution in [0.4, 0.5) is 42.9 Å². The minimum absolute atomic E-state index is 0.324. The van der Waals surface area contributed by atoms with Crippen LogP contribution in [0.25, 0.3) is 66.4 Å². The minimum Gasteiger partial charge on any atom is -0.307 e. The van der Waals surface area contributed by atoms with Crippen LogP contribution >= 0.6 is 0 Å². The second kappa shape index (κ2) is 18.4. The molecule has 12 rings (SSSR count). The Morgan fingerprint density at radius 3 is 1.23 bits per heavy atom. The van der Waals surface area contributed by atoms with Crippen LogP contribution in [0.15, 0.2) is 243 Å². The van der Waals surface area contributed by atoms with E-state index in [0.29, 0.717) is 11.4 Å². The molecule has 0 saturated heterocycles. The molecule has 0 heterocycles. The van der Waals surface area contributed by atoms with Crippen molar-refractivity contribution in [1.29, 1.82) is 0 Å². The molecule has 0 aromatic heterocycles. The van der Waals surface area contributed by atoms with Gasteiger partial charge in [0.1, 0.15) is 11.6 Å². The Bertz CT molecular complexity index is 3830. The van der Waals surface area contributed by atoms with Crippen molar-refractivity contribution in [2.24, 2.45) is 0 Å². The number of rotatable bonds is 10. The Labute approximate surface area is 426 Å². The number of aryl methyl sites for hydroxylation is 2. The maximum atomic E-state index is 17.8. The molecular weight excluding hydrogens is 895 g/mol. The van der Waals surface area contributed by atoms with Gasteiger partial charge >= 0.3 is 0 Å². The van der Waals surface area contributed by atoms with Crippen LogP contribution < -0.4 is 9.80 Å². The zero-order valence-electron chi connectivity index (χ0n) is 41.2. The van der Waals surface area contributed by atoms with Crippen LogP contribution in [0.1, 0.15) is 36.1 Å². The number of fused-ring (bicyclic) bond motifs is 5. The van der Waals surface area contributed by atoms with E-state index in [1.165, 1.54) is 0 Å². The molecule has 0 radical (unpaired) electrons. The van der Waals surface area contributed by atoms with Crippen LogP contribution in [-0.4, -0.2) is 0 Å². The van der Waals surface area contributed by atoms with E-state index in [-0.39, 0.29) is 11.6 Å². The molecule has 0 amide bonds. The topological polar surface area (TPSA) is 6.48 Å². The fraction of sp³-hybridized carbons (Fsp3) is 0.0725. The van der Waals surface area contributed by atoms with Crippen molar-refractivity contribution in [1.82, 2.24) is 0 Å². The van der Waals surface area contributed by atoms with E-state index in [4.69, 9.17) is 0 Å². The number of hydrogen-bond donors (Lipinski definition) is 0. The highest BCUT2D eigenvalue weighted by atomic mass is 19.1. The summed E-state index contributed by atoms with van der Waals surface area (Å²) in [5.74, 6) is -0.651. The zero-order chi connectivity index (χ0) is 49.8. The van der Waals surface area contributed by atoms with Crippen molar-refractivity contribution in [3.05, 3.63) is 277 Å². The molecule has 2 nitrogen and oxygen atoms in total. The first-order chi connectivity index (χ1) is 35.6. The number of benzene rings is 11. The molecule has 11 aromatic rings. The van der Waals surface area contributed by atoms with Crippen molar-refractivity contribution in [3.63, 3.8) is 0 Å². The summed E-state index contributed by atoms with van der Waals surface area (Å²) in [6.07, 6.45) is 0. The molecule has 0 atom stereocenters. The molecule has 11 aromatic carbocycles. The van der Waals surface area contributed by atoms with Crippen molar-refractivity contribution in [3.8, 4) is 55.6 Å². The van der Waals surface area contributed by atoms with Crippen molar-refractivity contribution >= 4 is 44.9 Å². The SMILES string of the molecule is Cc1ccc(N(c2ccc3c(c2)C(C)(C)c2cc(N(c4ccc(C)cc4)c4c(F)cc(-c5ccccc5)cc4-c4ccccc4)c4ccccc4c2-3)c2c(F)cc(-c3ccccc3)cc2-c2ccccc2)cc1. The standard InChI is InChI=1S/C69H52F2N2/c1-45-29-33-53(34-30-45)72(67-59(49-23-13-7-14-24-49)39-51(41-63(67)70)47-19-9-5-10-20-47)55-37-38-58-61(43-55)69(3,4)62-44-65(56-27-17-18-28-57(56)66(58)62)73(54-35-31-46(2)32-36-54)68-60(50-25-15-8-16-26-50)40-52(42-64(68)71)48-21-11-6-12-22-48/h5-44H,1-4H3. The summed E-state index contributed by atoms with van der Waals surface area (Å²) in [7, 11) is 0. The van der Waals surface area contributed by atoms with E-state index in [9.17, 15) is 0 Å². The van der Waals surface area contributed by atoms with E-state index in [2.05, 4.69) is 171 Å². The van der Waals surface area contributed by atoms with Crippen LogP contribution in [0.2, 0.25) is 0 Å². The lowest BCUT2D eigenvalue weighted by molar-refractivity contribution is 0.629. The van der Waals surface area contributed by atoms with E-state index in [1.54, 1.807) is 12.1 Å². The van der Waals surface area contributed by atoms with Gasteiger partial charge in [-0.2, -0.15) is 0 Å². The molecule has 4 heteroatoms. The average molecular weight is 947 g/mol. The van der Waals surface area contributed by atoms with Gasteiger partial charge in [0.15, 0.2) is 0 Å². The molecule has 0 N–H and O–H groups in total. The Hall–Kier alpha value is -8.86. The van der Waals surface area contributed by atoms with E-state index in [1.807, 2.05) is 97.1 Å². The Balaban J connectivity index is 1.08. The number of nitrogens with zero attached hydrogens (tertiary/aromatic N) is 2. The molecule has 0 saturated carbocycles. The third kappa shape index (κ3) is 8.06. The summed E-state index contributed by atoms with van der Waals surface area (Å²) < 4.78 is 35.5. The van der Waals surface area contributed by atoms with Crippen molar-refractivity contribution < 1.29 is 8.78 Å². The van der Waals surface area contributed by atoms with Gasteiger partial charge in [-0.1, -0.05) is 201 Å². The molecule has 73 heavy (non-hydrogen) atoms. The van der Waals surface area contributed by atoms with E-state index >= 15 is 8.78 Å². The lowest BCUT2D eigenvalue weighted by Crippen LogP contribution is -2.19. The van der Waals surface area contributed by atoms with Crippen molar-refractivity contribution in [2.45, 2.75) is 33.1 Å². The Morgan fingerprint density at radius 2 is 0.740 bits per heavy atom. The molecular formula is C69H52F2N2. The highest BCUT2D eigenvalue weighted by molar-refractivity contribution is 6.11. The van der Waals surface area contributed by atoms with Gasteiger partial charge < -0.3 is 9.80 Å². The minimum atomic E-state index is -0.548. The molecule has 0 unspecified atom stereocenters. The fourth-order valence-corrected chi connectivity index (χ4v) is 11.0. The van der Waals surface area contributed by atoms with Gasteiger partial charge in [0.05, 0.1) is 17.1 Å². The second-order valence-corrected chi connectivity index (χ2v) is 19.7. The fourth-order valence-electron chi connectivity index (χ4n) is 11.0. The second-order valence-electron chi connectivity index (χ2n) is 19.7. The summed E-state index contributed by atoms with van der Waals surface area (Å²) in [6, 6.07) is 82.0. The van der Waals surface area contributed by atoms with Crippen LogP contribution in [-0.2, 0) is 5.41 Å². The van der Waals surface area contributed by atoms with E-state index < -0.39 is 5.41 Å². The van der Waals surface area contributed by atoms with Gasteiger partial charge in [-0.25, -0.2) is 8.78 Å². The predicted molar refractivity (Wildman–Crippen MR) is 302 cm³/mol.